The van der Waals surface area contributed by atoms with Crippen LogP contribution in [-0.2, 0) is 6.54 Å². The van der Waals surface area contributed by atoms with Crippen molar-refractivity contribution >= 4 is 50.0 Å². The highest BCUT2D eigenvalue weighted by Crippen LogP contribution is 2.32. The SMILES string of the molecule is Cc1cccc2nc(CN(N)c3ncnc4ccsc34)c(-c3ccccc3Cl)nc12. The molecule has 30 heavy (non-hydrogen) atoms. The molecule has 0 aliphatic rings. The molecule has 0 unspecified atom stereocenters. The minimum atomic E-state index is 0.321. The second kappa shape index (κ2) is 7.60. The van der Waals surface area contributed by atoms with Gasteiger partial charge in [0, 0.05) is 5.56 Å². The normalized spacial score (nSPS) is 11.3. The number of benzene rings is 2. The Morgan fingerprint density at radius 1 is 1.00 bits per heavy atom. The van der Waals surface area contributed by atoms with E-state index in [0.29, 0.717) is 23.1 Å². The van der Waals surface area contributed by atoms with Crippen molar-refractivity contribution in [1.29, 1.82) is 0 Å². The Bertz CT molecular complexity index is 1380. The number of para-hydroxylation sites is 1. The number of aryl methyl sites for hydroxylation is 1. The van der Waals surface area contributed by atoms with Gasteiger partial charge in [0.2, 0.25) is 0 Å². The number of hydrazine groups is 1. The van der Waals surface area contributed by atoms with Crippen molar-refractivity contribution in [2.45, 2.75) is 13.5 Å². The predicted octanol–water partition coefficient (Wildman–Crippen LogP) is 5.14. The fraction of sp³-hybridized carbons (Fsp3) is 0.0909. The van der Waals surface area contributed by atoms with Crippen molar-refractivity contribution in [2.75, 3.05) is 5.01 Å². The smallest absolute Gasteiger partial charge is 0.164 e. The van der Waals surface area contributed by atoms with Crippen LogP contribution in [0.3, 0.4) is 0 Å². The molecule has 0 radical (unpaired) electrons. The summed E-state index contributed by atoms with van der Waals surface area (Å²) in [5.74, 6) is 7.12. The van der Waals surface area contributed by atoms with Crippen molar-refractivity contribution in [3.05, 3.63) is 76.5 Å². The maximum absolute atomic E-state index is 6.51. The highest BCUT2D eigenvalue weighted by Gasteiger charge is 2.18. The highest BCUT2D eigenvalue weighted by molar-refractivity contribution is 7.17. The molecular formula is C22H17ClN6S. The minimum Gasteiger partial charge on any atom is -0.287 e. The van der Waals surface area contributed by atoms with E-state index in [9.17, 15) is 0 Å². The summed E-state index contributed by atoms with van der Waals surface area (Å²) in [7, 11) is 0. The molecule has 6 nitrogen and oxygen atoms in total. The van der Waals surface area contributed by atoms with Crippen LogP contribution >= 0.6 is 22.9 Å². The molecule has 5 aromatic rings. The largest absolute Gasteiger partial charge is 0.287 e. The Morgan fingerprint density at radius 3 is 2.73 bits per heavy atom. The second-order valence-corrected chi connectivity index (χ2v) is 8.22. The van der Waals surface area contributed by atoms with Gasteiger partial charge < -0.3 is 0 Å². The highest BCUT2D eigenvalue weighted by atomic mass is 35.5. The van der Waals surface area contributed by atoms with E-state index in [-0.39, 0.29) is 0 Å². The number of hydrogen-bond acceptors (Lipinski definition) is 7. The van der Waals surface area contributed by atoms with Gasteiger partial charge in [-0.2, -0.15) is 0 Å². The molecule has 8 heteroatoms. The molecule has 0 spiro atoms. The molecular weight excluding hydrogens is 416 g/mol. The topological polar surface area (TPSA) is 80.8 Å². The van der Waals surface area contributed by atoms with Crippen molar-refractivity contribution in [3.63, 3.8) is 0 Å². The lowest BCUT2D eigenvalue weighted by atomic mass is 10.1. The summed E-state index contributed by atoms with van der Waals surface area (Å²) in [6.45, 7) is 2.35. The molecule has 0 aliphatic heterocycles. The van der Waals surface area contributed by atoms with E-state index in [4.69, 9.17) is 27.4 Å². The Labute approximate surface area is 182 Å². The maximum atomic E-state index is 6.51. The minimum absolute atomic E-state index is 0.321. The lowest BCUT2D eigenvalue weighted by Gasteiger charge is -2.20. The third-order valence-corrected chi connectivity index (χ3v) is 6.14. The monoisotopic (exact) mass is 432 g/mol. The van der Waals surface area contributed by atoms with Gasteiger partial charge in [0.1, 0.15) is 6.33 Å². The molecule has 0 amide bonds. The first-order valence-electron chi connectivity index (χ1n) is 9.33. The fourth-order valence-electron chi connectivity index (χ4n) is 3.45. The van der Waals surface area contributed by atoms with Crippen LogP contribution in [0.1, 0.15) is 11.3 Å². The van der Waals surface area contributed by atoms with Crippen LogP contribution in [0.15, 0.2) is 60.2 Å². The Balaban J connectivity index is 1.67. The lowest BCUT2D eigenvalue weighted by molar-refractivity contribution is 0.814. The van der Waals surface area contributed by atoms with Gasteiger partial charge in [-0.05, 0) is 36.1 Å². The van der Waals surface area contributed by atoms with Crippen molar-refractivity contribution in [3.8, 4) is 11.3 Å². The van der Waals surface area contributed by atoms with Crippen molar-refractivity contribution in [2.24, 2.45) is 5.84 Å². The quantitative estimate of drug-likeness (QED) is 0.312. The number of thiophene rings is 1. The summed E-state index contributed by atoms with van der Waals surface area (Å²) >= 11 is 8.06. The summed E-state index contributed by atoms with van der Waals surface area (Å²) in [6, 6.07) is 15.5. The molecule has 0 saturated heterocycles. The van der Waals surface area contributed by atoms with Gasteiger partial charge in [0.05, 0.1) is 44.2 Å². The standard InChI is InChI=1S/C22H17ClN6S/c1-13-5-4-8-16-19(13)28-20(14-6-2-3-7-15(14)23)18(27-16)11-29(24)22-21-17(9-10-30-21)25-12-26-22/h2-10,12H,11,24H2,1H3. The van der Waals surface area contributed by atoms with Gasteiger partial charge in [-0.3, -0.25) is 5.01 Å². The average molecular weight is 433 g/mol. The van der Waals surface area contributed by atoms with E-state index in [1.54, 1.807) is 16.3 Å². The van der Waals surface area contributed by atoms with Crippen LogP contribution in [0.2, 0.25) is 5.02 Å². The van der Waals surface area contributed by atoms with Gasteiger partial charge in [-0.1, -0.05) is 41.9 Å². The molecule has 0 fully saturated rings. The predicted molar refractivity (Wildman–Crippen MR) is 123 cm³/mol. The van der Waals surface area contributed by atoms with Gasteiger partial charge in [0.15, 0.2) is 5.82 Å². The molecule has 0 atom stereocenters. The average Bonchev–Trinajstić information content (AvgIpc) is 3.23. The number of nitrogens with two attached hydrogens (primary N) is 1. The zero-order valence-electron chi connectivity index (χ0n) is 16.1. The number of rotatable bonds is 4. The van der Waals surface area contributed by atoms with Crippen molar-refractivity contribution < 1.29 is 0 Å². The molecule has 0 aliphatic carbocycles. The van der Waals surface area contributed by atoms with E-state index >= 15 is 0 Å². The van der Waals surface area contributed by atoms with Gasteiger partial charge in [-0.25, -0.2) is 25.8 Å². The second-order valence-electron chi connectivity index (χ2n) is 6.90. The Morgan fingerprint density at radius 2 is 1.87 bits per heavy atom. The molecule has 148 valence electrons. The summed E-state index contributed by atoms with van der Waals surface area (Å²) < 4.78 is 0.934. The van der Waals surface area contributed by atoms with Crippen LogP contribution < -0.4 is 10.9 Å². The molecule has 2 aromatic carbocycles. The number of aromatic nitrogens is 4. The summed E-state index contributed by atoms with van der Waals surface area (Å²) in [5, 5.41) is 4.18. The Kier molecular flexibility index (Phi) is 4.78. The van der Waals surface area contributed by atoms with Crippen LogP contribution in [0.5, 0.6) is 0 Å². The van der Waals surface area contributed by atoms with Gasteiger partial charge in [-0.15, -0.1) is 11.3 Å². The lowest BCUT2D eigenvalue weighted by Crippen LogP contribution is -2.32. The number of fused-ring (bicyclic) bond motifs is 2. The third-order valence-electron chi connectivity index (χ3n) is 4.91. The summed E-state index contributed by atoms with van der Waals surface area (Å²) in [5.41, 5.74) is 5.86. The van der Waals surface area contributed by atoms with Crippen LogP contribution in [-0.4, -0.2) is 19.9 Å². The van der Waals surface area contributed by atoms with Gasteiger partial charge >= 0.3 is 0 Å². The number of hydrogen-bond donors (Lipinski definition) is 1. The van der Waals surface area contributed by atoms with E-state index < -0.39 is 0 Å². The zero-order chi connectivity index (χ0) is 20.7. The van der Waals surface area contributed by atoms with Crippen LogP contribution in [0, 0.1) is 6.92 Å². The molecule has 0 saturated carbocycles. The molecule has 5 rings (SSSR count). The van der Waals surface area contributed by atoms with E-state index in [2.05, 4.69) is 9.97 Å². The van der Waals surface area contributed by atoms with Crippen molar-refractivity contribution in [1.82, 2.24) is 19.9 Å². The molecule has 2 N–H and O–H groups in total. The van der Waals surface area contributed by atoms with Crippen LogP contribution in [0.25, 0.3) is 32.5 Å². The van der Waals surface area contributed by atoms with E-state index in [1.807, 2.05) is 60.8 Å². The fourth-order valence-corrected chi connectivity index (χ4v) is 4.52. The molecule has 0 bridgehead atoms. The molecule has 3 heterocycles. The first-order valence-corrected chi connectivity index (χ1v) is 10.6. The number of nitrogens with zero attached hydrogens (tertiary/aromatic N) is 5. The molecule has 3 aromatic heterocycles. The van der Waals surface area contributed by atoms with E-state index in [0.717, 1.165) is 38.1 Å². The van der Waals surface area contributed by atoms with E-state index in [1.165, 1.54) is 6.33 Å². The summed E-state index contributed by atoms with van der Waals surface area (Å²) in [6.07, 6.45) is 1.52. The zero-order valence-corrected chi connectivity index (χ0v) is 17.7. The van der Waals surface area contributed by atoms with Crippen LogP contribution in [0.4, 0.5) is 5.82 Å². The maximum Gasteiger partial charge on any atom is 0.164 e. The van der Waals surface area contributed by atoms with Gasteiger partial charge in [0.25, 0.3) is 0 Å². The first-order chi connectivity index (χ1) is 14.6. The first kappa shape index (κ1) is 18.9. The third kappa shape index (κ3) is 3.27. The Hall–Kier alpha value is -3.13. The number of halogens is 1. The summed E-state index contributed by atoms with van der Waals surface area (Å²) in [4.78, 5) is 18.5. The number of anilines is 1.